The molecule has 5 rings (SSSR count). The van der Waals surface area contributed by atoms with Crippen LogP contribution in [0.1, 0.15) is 27.2 Å². The van der Waals surface area contributed by atoms with Gasteiger partial charge in [0.25, 0.3) is 0 Å². The van der Waals surface area contributed by atoms with Crippen molar-refractivity contribution in [3.05, 3.63) is 48.0 Å². The molecular weight excluding hydrogens is 466 g/mol. The SMILES string of the molecule is CC(C)(C)OC(=O)N1CC[C@H]1C(=O)Nc1nc(-c2cccc(N3CCOc4cccnc43)c2)cs1. The van der Waals surface area contributed by atoms with E-state index in [1.54, 1.807) is 27.0 Å². The molecular formula is C25H27N5O4S. The zero-order chi connectivity index (χ0) is 24.6. The van der Waals surface area contributed by atoms with E-state index in [9.17, 15) is 9.59 Å². The molecule has 0 bridgehead atoms. The average Bonchev–Trinajstić information content (AvgIpc) is 3.25. The van der Waals surface area contributed by atoms with Gasteiger partial charge in [-0.1, -0.05) is 12.1 Å². The minimum Gasteiger partial charge on any atom is -0.488 e. The lowest BCUT2D eigenvalue weighted by Crippen LogP contribution is -2.57. The van der Waals surface area contributed by atoms with Crippen molar-refractivity contribution in [3.8, 4) is 17.0 Å². The Morgan fingerprint density at radius 1 is 1.20 bits per heavy atom. The zero-order valence-electron chi connectivity index (χ0n) is 19.9. The Morgan fingerprint density at radius 2 is 2.06 bits per heavy atom. The molecule has 2 aliphatic rings. The maximum Gasteiger partial charge on any atom is 0.410 e. The van der Waals surface area contributed by atoms with Gasteiger partial charge in [0, 0.05) is 29.4 Å². The first-order valence-electron chi connectivity index (χ1n) is 11.5. The van der Waals surface area contributed by atoms with Crippen LogP contribution in [-0.2, 0) is 9.53 Å². The largest absolute Gasteiger partial charge is 0.488 e. The number of nitrogens with one attached hydrogen (secondary N) is 1. The van der Waals surface area contributed by atoms with Crippen LogP contribution < -0.4 is 15.0 Å². The Bertz CT molecular complexity index is 1250. The molecule has 2 aliphatic heterocycles. The van der Waals surface area contributed by atoms with Crippen LogP contribution in [0.3, 0.4) is 0 Å². The molecule has 1 N–H and O–H groups in total. The molecule has 1 atom stereocenters. The van der Waals surface area contributed by atoms with Crippen LogP contribution in [0.15, 0.2) is 48.0 Å². The summed E-state index contributed by atoms with van der Waals surface area (Å²) in [4.78, 5) is 37.8. The number of carbonyl (C=O) groups is 2. The number of thiazole rings is 1. The molecule has 0 radical (unpaired) electrons. The van der Waals surface area contributed by atoms with Crippen LogP contribution in [0, 0.1) is 0 Å². The predicted octanol–water partition coefficient (Wildman–Crippen LogP) is 4.68. The van der Waals surface area contributed by atoms with Gasteiger partial charge in [-0.25, -0.2) is 14.8 Å². The summed E-state index contributed by atoms with van der Waals surface area (Å²) >= 11 is 1.35. The molecule has 1 aromatic carbocycles. The summed E-state index contributed by atoms with van der Waals surface area (Å²) in [6, 6.07) is 11.3. The molecule has 0 unspecified atom stereocenters. The van der Waals surface area contributed by atoms with Crippen molar-refractivity contribution in [3.63, 3.8) is 0 Å². The second kappa shape index (κ2) is 9.18. The standard InChI is InChI=1S/C25H27N5O4S/c1-25(2,3)34-24(32)30-11-9-19(30)22(31)28-23-27-18(15-35-23)16-6-4-7-17(14-16)29-12-13-33-20-8-5-10-26-21(20)29/h4-8,10,14-15,19H,9,11-13H2,1-3H3,(H,27,28,31)/t19-/m0/s1. The van der Waals surface area contributed by atoms with Crippen molar-refractivity contribution in [2.75, 3.05) is 29.9 Å². The molecule has 182 valence electrons. The highest BCUT2D eigenvalue weighted by atomic mass is 32.1. The van der Waals surface area contributed by atoms with Gasteiger partial charge in [-0.05, 0) is 51.5 Å². The Hall–Kier alpha value is -3.66. The van der Waals surface area contributed by atoms with Crippen molar-refractivity contribution in [2.24, 2.45) is 0 Å². The van der Waals surface area contributed by atoms with E-state index in [0.29, 0.717) is 31.2 Å². The Labute approximate surface area is 207 Å². The van der Waals surface area contributed by atoms with Crippen molar-refractivity contribution >= 4 is 40.0 Å². The molecule has 2 aromatic heterocycles. The van der Waals surface area contributed by atoms with Gasteiger partial charge < -0.3 is 19.7 Å². The summed E-state index contributed by atoms with van der Waals surface area (Å²) in [5.74, 6) is 1.30. The van der Waals surface area contributed by atoms with E-state index < -0.39 is 17.7 Å². The number of nitrogens with zero attached hydrogens (tertiary/aromatic N) is 4. The van der Waals surface area contributed by atoms with Gasteiger partial charge in [0.1, 0.15) is 18.2 Å². The fourth-order valence-electron chi connectivity index (χ4n) is 3.99. The van der Waals surface area contributed by atoms with Gasteiger partial charge in [-0.3, -0.25) is 9.69 Å². The number of fused-ring (bicyclic) bond motifs is 1. The van der Waals surface area contributed by atoms with E-state index in [1.165, 1.54) is 16.2 Å². The average molecular weight is 494 g/mol. The molecule has 9 nitrogen and oxygen atoms in total. The third-order valence-corrected chi connectivity index (χ3v) is 6.47. The first kappa shape index (κ1) is 23.1. The van der Waals surface area contributed by atoms with Crippen molar-refractivity contribution < 1.29 is 19.1 Å². The van der Waals surface area contributed by atoms with E-state index in [-0.39, 0.29) is 5.91 Å². The number of carbonyl (C=O) groups excluding carboxylic acids is 2. The number of rotatable bonds is 4. The number of pyridine rings is 1. The van der Waals surface area contributed by atoms with Gasteiger partial charge in [0.2, 0.25) is 5.91 Å². The van der Waals surface area contributed by atoms with E-state index in [2.05, 4.69) is 26.3 Å². The van der Waals surface area contributed by atoms with Crippen LogP contribution in [0.5, 0.6) is 5.75 Å². The second-order valence-electron chi connectivity index (χ2n) is 9.38. The molecule has 0 saturated carbocycles. The maximum atomic E-state index is 12.8. The molecule has 3 aromatic rings. The van der Waals surface area contributed by atoms with Crippen LogP contribution in [-0.4, -0.2) is 58.2 Å². The van der Waals surface area contributed by atoms with Gasteiger partial charge in [-0.2, -0.15) is 0 Å². The molecule has 10 heteroatoms. The lowest BCUT2D eigenvalue weighted by atomic mass is 10.0. The van der Waals surface area contributed by atoms with Gasteiger partial charge >= 0.3 is 6.09 Å². The van der Waals surface area contributed by atoms with E-state index >= 15 is 0 Å². The Kier molecular flexibility index (Phi) is 6.06. The van der Waals surface area contributed by atoms with Gasteiger partial charge in [0.05, 0.1) is 12.2 Å². The number of likely N-dealkylation sites (tertiary alicyclic amines) is 1. The monoisotopic (exact) mass is 493 g/mol. The predicted molar refractivity (Wildman–Crippen MR) is 134 cm³/mol. The molecule has 1 fully saturated rings. The lowest BCUT2D eigenvalue weighted by molar-refractivity contribution is -0.125. The summed E-state index contributed by atoms with van der Waals surface area (Å²) in [5, 5.41) is 5.25. The van der Waals surface area contributed by atoms with Crippen LogP contribution in [0.25, 0.3) is 11.3 Å². The summed E-state index contributed by atoms with van der Waals surface area (Å²) in [6.45, 7) is 7.20. The third kappa shape index (κ3) is 4.93. The summed E-state index contributed by atoms with van der Waals surface area (Å²) in [7, 11) is 0. The topological polar surface area (TPSA) is 96.9 Å². The zero-order valence-corrected chi connectivity index (χ0v) is 20.7. The third-order valence-electron chi connectivity index (χ3n) is 5.72. The number of hydrogen-bond donors (Lipinski definition) is 1. The van der Waals surface area contributed by atoms with Gasteiger partial charge in [0.15, 0.2) is 16.7 Å². The highest BCUT2D eigenvalue weighted by Gasteiger charge is 2.40. The number of anilines is 3. The van der Waals surface area contributed by atoms with E-state index in [4.69, 9.17) is 9.47 Å². The first-order chi connectivity index (χ1) is 16.8. The van der Waals surface area contributed by atoms with Crippen LogP contribution in [0.4, 0.5) is 21.4 Å². The highest BCUT2D eigenvalue weighted by molar-refractivity contribution is 7.14. The molecule has 2 amide bonds. The quantitative estimate of drug-likeness (QED) is 0.563. The minimum absolute atomic E-state index is 0.257. The normalized spacial score (nSPS) is 17.2. The van der Waals surface area contributed by atoms with Crippen LogP contribution in [0.2, 0.25) is 0 Å². The highest BCUT2D eigenvalue weighted by Crippen LogP contribution is 2.36. The summed E-state index contributed by atoms with van der Waals surface area (Å²) in [5.41, 5.74) is 2.08. The summed E-state index contributed by atoms with van der Waals surface area (Å²) in [6.07, 6.45) is 1.88. The van der Waals surface area contributed by atoms with E-state index in [1.807, 2.05) is 35.7 Å². The summed E-state index contributed by atoms with van der Waals surface area (Å²) < 4.78 is 11.1. The number of amides is 2. The number of aromatic nitrogens is 2. The molecule has 4 heterocycles. The van der Waals surface area contributed by atoms with Crippen molar-refractivity contribution in [1.29, 1.82) is 0 Å². The second-order valence-corrected chi connectivity index (χ2v) is 10.2. The number of benzene rings is 1. The smallest absolute Gasteiger partial charge is 0.410 e. The fourth-order valence-corrected chi connectivity index (χ4v) is 4.71. The lowest BCUT2D eigenvalue weighted by Gasteiger charge is -2.39. The Morgan fingerprint density at radius 3 is 2.83 bits per heavy atom. The molecule has 1 saturated heterocycles. The first-order valence-corrected chi connectivity index (χ1v) is 12.4. The molecule has 35 heavy (non-hydrogen) atoms. The van der Waals surface area contributed by atoms with Crippen LogP contribution >= 0.6 is 11.3 Å². The number of ether oxygens (including phenoxy) is 2. The maximum absolute atomic E-state index is 12.8. The minimum atomic E-state index is -0.605. The Balaban J connectivity index is 1.28. The molecule has 0 aliphatic carbocycles. The number of hydrogen-bond acceptors (Lipinski definition) is 8. The van der Waals surface area contributed by atoms with E-state index in [0.717, 1.165) is 28.5 Å². The fraction of sp³-hybridized carbons (Fsp3) is 0.360. The van der Waals surface area contributed by atoms with Crippen molar-refractivity contribution in [1.82, 2.24) is 14.9 Å². The van der Waals surface area contributed by atoms with Gasteiger partial charge in [-0.15, -0.1) is 11.3 Å². The molecule has 0 spiro atoms. The van der Waals surface area contributed by atoms with Crippen molar-refractivity contribution in [2.45, 2.75) is 38.8 Å².